The number of carbonyl (C=O) groups excluding carboxylic acids is 1. The molecule has 5 heteroatoms. The van der Waals surface area contributed by atoms with Crippen molar-refractivity contribution in [3.63, 3.8) is 0 Å². The van der Waals surface area contributed by atoms with Crippen LogP contribution in [0.4, 0.5) is 0 Å². The Labute approximate surface area is 118 Å². The molecule has 0 saturated carbocycles. The highest BCUT2D eigenvalue weighted by Crippen LogP contribution is 2.25. The zero-order chi connectivity index (χ0) is 13.1. The van der Waals surface area contributed by atoms with Gasteiger partial charge >= 0.3 is 0 Å². The van der Waals surface area contributed by atoms with Crippen molar-refractivity contribution in [2.45, 2.75) is 6.42 Å². The van der Waals surface area contributed by atoms with Crippen LogP contribution in [0.1, 0.15) is 15.9 Å². The van der Waals surface area contributed by atoms with Crippen molar-refractivity contribution in [1.29, 1.82) is 0 Å². The van der Waals surface area contributed by atoms with Crippen molar-refractivity contribution in [3.8, 4) is 5.75 Å². The van der Waals surface area contributed by atoms with Crippen LogP contribution in [0.2, 0.25) is 5.22 Å². The molecule has 0 spiro atoms. The molecule has 2 rings (SSSR count). The highest BCUT2D eigenvalue weighted by atomic mass is 79.9. The fourth-order valence-corrected chi connectivity index (χ4v) is 2.18. The van der Waals surface area contributed by atoms with Gasteiger partial charge in [0.2, 0.25) is 5.22 Å². The number of Topliss-reactive ketones (excluding diaryl/α,β-unsaturated/α-hetero) is 1. The van der Waals surface area contributed by atoms with E-state index in [1.807, 2.05) is 18.2 Å². The molecule has 18 heavy (non-hydrogen) atoms. The van der Waals surface area contributed by atoms with E-state index < -0.39 is 0 Å². The lowest BCUT2D eigenvalue weighted by molar-refractivity contribution is 0.0992. The molecule has 0 atom stereocenters. The molecule has 0 saturated heterocycles. The summed E-state index contributed by atoms with van der Waals surface area (Å²) in [5.74, 6) is 0.613. The highest BCUT2D eigenvalue weighted by Gasteiger charge is 2.15. The number of ether oxygens (including phenoxy) is 1. The molecular formula is C13H10BrClO3. The molecule has 0 N–H and O–H groups in total. The predicted molar refractivity (Wildman–Crippen MR) is 72.4 cm³/mol. The molecule has 1 aromatic heterocycles. The summed E-state index contributed by atoms with van der Waals surface area (Å²) in [7, 11) is 1.59. The van der Waals surface area contributed by atoms with Gasteiger partial charge in [0.1, 0.15) is 5.75 Å². The smallest absolute Gasteiger partial charge is 0.203 e. The van der Waals surface area contributed by atoms with Crippen LogP contribution < -0.4 is 4.74 Å². The molecule has 1 aromatic carbocycles. The zero-order valence-corrected chi connectivity index (χ0v) is 11.9. The SMILES string of the molecule is COc1ccc(Br)c(CC(=O)c2ccoc2Cl)c1. The number of carbonyl (C=O) groups is 1. The summed E-state index contributed by atoms with van der Waals surface area (Å²) in [5, 5.41) is 0.124. The minimum absolute atomic E-state index is 0.0947. The van der Waals surface area contributed by atoms with E-state index in [1.54, 1.807) is 13.2 Å². The van der Waals surface area contributed by atoms with Crippen molar-refractivity contribution in [2.24, 2.45) is 0 Å². The van der Waals surface area contributed by atoms with E-state index in [9.17, 15) is 4.79 Å². The van der Waals surface area contributed by atoms with E-state index in [2.05, 4.69) is 15.9 Å². The molecule has 0 radical (unpaired) electrons. The standard InChI is InChI=1S/C13H10BrClO3/c1-17-9-2-3-11(14)8(6-9)7-12(16)10-4-5-18-13(10)15/h2-6H,7H2,1H3. The van der Waals surface area contributed by atoms with E-state index in [0.29, 0.717) is 11.3 Å². The Balaban J connectivity index is 2.24. The molecule has 2 aromatic rings. The van der Waals surface area contributed by atoms with Gasteiger partial charge in [0.05, 0.1) is 18.9 Å². The fraction of sp³-hybridized carbons (Fsp3) is 0.154. The van der Waals surface area contributed by atoms with E-state index in [-0.39, 0.29) is 17.4 Å². The molecule has 0 aliphatic heterocycles. The third kappa shape index (κ3) is 2.76. The van der Waals surface area contributed by atoms with Gasteiger partial charge in [-0.15, -0.1) is 0 Å². The van der Waals surface area contributed by atoms with E-state index >= 15 is 0 Å². The van der Waals surface area contributed by atoms with Gasteiger partial charge in [-0.2, -0.15) is 0 Å². The lowest BCUT2D eigenvalue weighted by Crippen LogP contribution is -2.03. The van der Waals surface area contributed by atoms with Crippen LogP contribution in [0.15, 0.2) is 39.4 Å². The Morgan fingerprint density at radius 3 is 2.83 bits per heavy atom. The average Bonchev–Trinajstić information content (AvgIpc) is 2.78. The van der Waals surface area contributed by atoms with Gasteiger partial charge in [0.25, 0.3) is 0 Å². The first-order valence-electron chi connectivity index (χ1n) is 5.20. The molecular weight excluding hydrogens is 319 g/mol. The van der Waals surface area contributed by atoms with Gasteiger partial charge < -0.3 is 9.15 Å². The first-order chi connectivity index (χ1) is 8.61. The first kappa shape index (κ1) is 13.2. The van der Waals surface area contributed by atoms with Gasteiger partial charge in [-0.25, -0.2) is 0 Å². The Hall–Kier alpha value is -1.26. The summed E-state index contributed by atoms with van der Waals surface area (Å²) >= 11 is 9.18. The van der Waals surface area contributed by atoms with Crippen LogP contribution >= 0.6 is 27.5 Å². The van der Waals surface area contributed by atoms with Gasteiger partial charge in [-0.1, -0.05) is 15.9 Å². The molecule has 0 aliphatic carbocycles. The average molecular weight is 330 g/mol. The first-order valence-corrected chi connectivity index (χ1v) is 6.37. The number of furan rings is 1. The Kier molecular flexibility index (Phi) is 4.09. The summed E-state index contributed by atoms with van der Waals surface area (Å²) in [6.45, 7) is 0. The van der Waals surface area contributed by atoms with Crippen LogP contribution in [0, 0.1) is 0 Å². The summed E-state index contributed by atoms with van der Waals surface area (Å²) in [6.07, 6.45) is 1.63. The Morgan fingerprint density at radius 1 is 1.44 bits per heavy atom. The Morgan fingerprint density at radius 2 is 2.22 bits per heavy atom. The number of rotatable bonds is 4. The molecule has 0 aliphatic rings. The third-order valence-electron chi connectivity index (χ3n) is 2.52. The lowest BCUT2D eigenvalue weighted by Gasteiger charge is -2.06. The molecule has 0 bridgehead atoms. The summed E-state index contributed by atoms with van der Waals surface area (Å²) in [6, 6.07) is 7.05. The highest BCUT2D eigenvalue weighted by molar-refractivity contribution is 9.10. The van der Waals surface area contributed by atoms with Crippen molar-refractivity contribution < 1.29 is 13.9 Å². The largest absolute Gasteiger partial charge is 0.497 e. The predicted octanol–water partition coefficient (Wildman–Crippen LogP) is 4.13. The quantitative estimate of drug-likeness (QED) is 0.792. The van der Waals surface area contributed by atoms with Crippen molar-refractivity contribution >= 4 is 33.3 Å². The maximum atomic E-state index is 12.0. The van der Waals surface area contributed by atoms with Gasteiger partial charge in [-0.05, 0) is 41.4 Å². The molecule has 1 heterocycles. The number of methoxy groups -OCH3 is 1. The fourth-order valence-electron chi connectivity index (χ4n) is 1.58. The number of hydrogen-bond donors (Lipinski definition) is 0. The minimum Gasteiger partial charge on any atom is -0.497 e. The number of halogens is 2. The summed E-state index contributed by atoms with van der Waals surface area (Å²) < 4.78 is 10.9. The third-order valence-corrected chi connectivity index (χ3v) is 3.59. The maximum Gasteiger partial charge on any atom is 0.203 e. The maximum absolute atomic E-state index is 12.0. The van der Waals surface area contributed by atoms with Gasteiger partial charge in [-0.3, -0.25) is 4.79 Å². The summed E-state index contributed by atoms with van der Waals surface area (Å²) in [4.78, 5) is 12.0. The molecule has 3 nitrogen and oxygen atoms in total. The normalized spacial score (nSPS) is 10.4. The number of hydrogen-bond acceptors (Lipinski definition) is 3. The van der Waals surface area contributed by atoms with Gasteiger partial charge in [0.15, 0.2) is 5.78 Å². The van der Waals surface area contributed by atoms with E-state index in [0.717, 1.165) is 10.0 Å². The molecule has 0 amide bonds. The van der Waals surface area contributed by atoms with Gasteiger partial charge in [0, 0.05) is 10.9 Å². The lowest BCUT2D eigenvalue weighted by atomic mass is 10.1. The van der Waals surface area contributed by atoms with E-state index in [4.69, 9.17) is 20.8 Å². The van der Waals surface area contributed by atoms with E-state index in [1.165, 1.54) is 6.26 Å². The van der Waals surface area contributed by atoms with Crippen LogP contribution in [0.3, 0.4) is 0 Å². The zero-order valence-electron chi connectivity index (χ0n) is 9.57. The van der Waals surface area contributed by atoms with Crippen LogP contribution in [-0.4, -0.2) is 12.9 Å². The van der Waals surface area contributed by atoms with Crippen molar-refractivity contribution in [3.05, 3.63) is 51.3 Å². The van der Waals surface area contributed by atoms with Crippen LogP contribution in [0.25, 0.3) is 0 Å². The van der Waals surface area contributed by atoms with Crippen LogP contribution in [-0.2, 0) is 6.42 Å². The Bertz CT molecular complexity index is 577. The number of ketones is 1. The molecule has 0 fully saturated rings. The monoisotopic (exact) mass is 328 g/mol. The topological polar surface area (TPSA) is 39.4 Å². The summed E-state index contributed by atoms with van der Waals surface area (Å²) in [5.41, 5.74) is 1.24. The second-order valence-corrected chi connectivity index (χ2v) is 4.86. The molecule has 0 unspecified atom stereocenters. The van der Waals surface area contributed by atoms with Crippen molar-refractivity contribution in [1.82, 2.24) is 0 Å². The van der Waals surface area contributed by atoms with Crippen LogP contribution in [0.5, 0.6) is 5.75 Å². The minimum atomic E-state index is -0.0947. The second-order valence-electron chi connectivity index (χ2n) is 3.67. The second kappa shape index (κ2) is 5.59. The van der Waals surface area contributed by atoms with Crippen molar-refractivity contribution in [2.75, 3.05) is 7.11 Å². The number of benzene rings is 1. The molecule has 94 valence electrons.